The normalized spacial score (nSPS) is 17.8. The third-order valence-corrected chi connectivity index (χ3v) is 4.15. The summed E-state index contributed by atoms with van der Waals surface area (Å²) in [5.41, 5.74) is -0.0648. The minimum atomic E-state index is -0.0648. The summed E-state index contributed by atoms with van der Waals surface area (Å²) in [6.07, 6.45) is 10.9. The van der Waals surface area contributed by atoms with E-state index in [4.69, 9.17) is 0 Å². The third kappa shape index (κ3) is 2.92. The lowest BCUT2D eigenvalue weighted by atomic mass is 9.82. The molecule has 0 radical (unpaired) electrons. The molecule has 18 heavy (non-hydrogen) atoms. The molecular formula is C14H23N3O. The molecule has 1 aliphatic rings. The summed E-state index contributed by atoms with van der Waals surface area (Å²) in [6, 6.07) is 0. The maximum absolute atomic E-state index is 12.2. The molecule has 1 aromatic heterocycles. The van der Waals surface area contributed by atoms with Crippen molar-refractivity contribution in [1.29, 1.82) is 0 Å². The van der Waals surface area contributed by atoms with Gasteiger partial charge in [0.2, 0.25) is 5.91 Å². The largest absolute Gasteiger partial charge is 0.356 e. The van der Waals surface area contributed by atoms with Crippen LogP contribution in [-0.4, -0.2) is 22.4 Å². The predicted octanol–water partition coefficient (Wildman–Crippen LogP) is 2.43. The summed E-state index contributed by atoms with van der Waals surface area (Å²) in [5, 5.41) is 3.10. The Hall–Kier alpha value is -1.32. The van der Waals surface area contributed by atoms with Crippen molar-refractivity contribution >= 4 is 5.91 Å². The molecule has 1 fully saturated rings. The highest BCUT2D eigenvalue weighted by atomic mass is 16.2. The zero-order chi connectivity index (χ0) is 12.8. The minimum absolute atomic E-state index is 0.0648. The molecule has 0 unspecified atom stereocenters. The van der Waals surface area contributed by atoms with E-state index in [1.807, 2.05) is 6.20 Å². The molecule has 0 saturated heterocycles. The van der Waals surface area contributed by atoms with E-state index in [0.29, 0.717) is 0 Å². The Morgan fingerprint density at radius 2 is 2.28 bits per heavy atom. The lowest BCUT2D eigenvalue weighted by Crippen LogP contribution is -2.39. The van der Waals surface area contributed by atoms with Gasteiger partial charge < -0.3 is 10.3 Å². The van der Waals surface area contributed by atoms with Crippen LogP contribution in [0.2, 0.25) is 0 Å². The Bertz CT molecular complexity index is 366. The number of hydrogen-bond donors (Lipinski definition) is 2. The van der Waals surface area contributed by atoms with Gasteiger partial charge in [0.05, 0.1) is 0 Å². The number of carbonyl (C=O) groups is 1. The molecule has 0 aliphatic heterocycles. The average molecular weight is 249 g/mol. The molecule has 1 amide bonds. The quantitative estimate of drug-likeness (QED) is 0.761. The number of nitrogens with one attached hydrogen (secondary N) is 2. The summed E-state index contributed by atoms with van der Waals surface area (Å²) in [4.78, 5) is 19.5. The number of nitrogens with zero attached hydrogens (tertiary/aromatic N) is 1. The van der Waals surface area contributed by atoms with Gasteiger partial charge in [0.1, 0.15) is 5.82 Å². The van der Waals surface area contributed by atoms with Gasteiger partial charge in [-0.25, -0.2) is 4.98 Å². The Balaban J connectivity index is 1.71. The van der Waals surface area contributed by atoms with Crippen LogP contribution in [0.4, 0.5) is 0 Å². The van der Waals surface area contributed by atoms with Crippen molar-refractivity contribution in [2.45, 2.75) is 51.9 Å². The van der Waals surface area contributed by atoms with Crippen LogP contribution in [0.3, 0.4) is 0 Å². The lowest BCUT2D eigenvalue weighted by molar-refractivity contribution is -0.131. The topological polar surface area (TPSA) is 57.8 Å². The van der Waals surface area contributed by atoms with Crippen LogP contribution in [0, 0.1) is 5.41 Å². The summed E-state index contributed by atoms with van der Waals surface area (Å²) >= 11 is 0. The van der Waals surface area contributed by atoms with Gasteiger partial charge in [0.15, 0.2) is 0 Å². The lowest BCUT2D eigenvalue weighted by Gasteiger charge is -2.25. The van der Waals surface area contributed by atoms with Gasteiger partial charge in [-0.15, -0.1) is 0 Å². The second-order valence-corrected chi connectivity index (χ2v) is 5.24. The molecule has 0 atom stereocenters. The van der Waals surface area contributed by atoms with Gasteiger partial charge in [-0.05, 0) is 25.7 Å². The van der Waals surface area contributed by atoms with Crippen molar-refractivity contribution in [3.8, 4) is 0 Å². The van der Waals surface area contributed by atoms with E-state index in [1.165, 1.54) is 12.8 Å². The number of aromatic amines is 1. The fraction of sp³-hybridized carbons (Fsp3) is 0.714. The zero-order valence-electron chi connectivity index (χ0n) is 11.2. The van der Waals surface area contributed by atoms with Gasteiger partial charge in [-0.1, -0.05) is 19.8 Å². The Labute approximate surface area is 109 Å². The Morgan fingerprint density at radius 3 is 2.89 bits per heavy atom. The van der Waals surface area contributed by atoms with Crippen LogP contribution < -0.4 is 5.32 Å². The number of hydrogen-bond acceptors (Lipinski definition) is 2. The monoisotopic (exact) mass is 249 g/mol. The molecule has 2 rings (SSSR count). The van der Waals surface area contributed by atoms with Crippen molar-refractivity contribution in [3.05, 3.63) is 18.2 Å². The van der Waals surface area contributed by atoms with E-state index in [9.17, 15) is 4.79 Å². The number of imidazole rings is 1. The van der Waals surface area contributed by atoms with Crippen LogP contribution in [-0.2, 0) is 11.2 Å². The average Bonchev–Trinajstić information content (AvgIpc) is 3.05. The predicted molar refractivity (Wildman–Crippen MR) is 71.1 cm³/mol. The highest BCUT2D eigenvalue weighted by Crippen LogP contribution is 2.40. The first-order valence-corrected chi connectivity index (χ1v) is 7.03. The number of rotatable bonds is 6. The zero-order valence-corrected chi connectivity index (χ0v) is 11.2. The second-order valence-electron chi connectivity index (χ2n) is 5.24. The van der Waals surface area contributed by atoms with Gasteiger partial charge >= 0.3 is 0 Å². The SMILES string of the molecule is CCC1(C(=O)NCCCc2ncc[nH]2)CCCC1. The first-order valence-electron chi connectivity index (χ1n) is 7.03. The fourth-order valence-electron chi connectivity index (χ4n) is 2.87. The number of aryl methyl sites for hydroxylation is 1. The van der Waals surface area contributed by atoms with Gasteiger partial charge in [0.25, 0.3) is 0 Å². The summed E-state index contributed by atoms with van der Waals surface area (Å²) in [7, 11) is 0. The molecule has 0 spiro atoms. The van der Waals surface area contributed by atoms with E-state index >= 15 is 0 Å². The van der Waals surface area contributed by atoms with Crippen molar-refractivity contribution in [2.75, 3.05) is 6.54 Å². The molecule has 2 N–H and O–H groups in total. The molecular weight excluding hydrogens is 226 g/mol. The summed E-state index contributed by atoms with van der Waals surface area (Å²) < 4.78 is 0. The molecule has 4 heteroatoms. The molecule has 1 heterocycles. The van der Waals surface area contributed by atoms with Crippen LogP contribution in [0.15, 0.2) is 12.4 Å². The number of carbonyl (C=O) groups excluding carboxylic acids is 1. The van der Waals surface area contributed by atoms with Crippen LogP contribution in [0.25, 0.3) is 0 Å². The van der Waals surface area contributed by atoms with Crippen LogP contribution in [0.1, 0.15) is 51.3 Å². The van der Waals surface area contributed by atoms with E-state index in [2.05, 4.69) is 22.2 Å². The minimum Gasteiger partial charge on any atom is -0.356 e. The molecule has 1 saturated carbocycles. The van der Waals surface area contributed by atoms with Crippen molar-refractivity contribution in [3.63, 3.8) is 0 Å². The smallest absolute Gasteiger partial charge is 0.226 e. The van der Waals surface area contributed by atoms with Crippen LogP contribution >= 0.6 is 0 Å². The van der Waals surface area contributed by atoms with Crippen molar-refractivity contribution in [1.82, 2.24) is 15.3 Å². The maximum atomic E-state index is 12.2. The first kappa shape index (κ1) is 13.1. The molecule has 0 aromatic carbocycles. The number of aromatic nitrogens is 2. The number of H-pyrrole nitrogens is 1. The highest BCUT2D eigenvalue weighted by Gasteiger charge is 2.38. The Morgan fingerprint density at radius 1 is 1.50 bits per heavy atom. The molecule has 1 aliphatic carbocycles. The van der Waals surface area contributed by atoms with Gasteiger partial charge in [-0.2, -0.15) is 0 Å². The molecule has 100 valence electrons. The van der Waals surface area contributed by atoms with Gasteiger partial charge in [-0.3, -0.25) is 4.79 Å². The standard InChI is InChI=1S/C14H23N3O/c1-2-14(7-3-4-8-14)13(18)17-9-5-6-12-15-10-11-16-12/h10-11H,2-9H2,1H3,(H,15,16)(H,17,18). The number of amides is 1. The summed E-state index contributed by atoms with van der Waals surface area (Å²) in [6.45, 7) is 2.88. The van der Waals surface area contributed by atoms with E-state index < -0.39 is 0 Å². The van der Waals surface area contributed by atoms with E-state index in [0.717, 1.165) is 44.5 Å². The van der Waals surface area contributed by atoms with E-state index in [1.54, 1.807) is 6.20 Å². The first-order chi connectivity index (χ1) is 8.77. The van der Waals surface area contributed by atoms with Crippen molar-refractivity contribution < 1.29 is 4.79 Å². The fourth-order valence-corrected chi connectivity index (χ4v) is 2.87. The Kier molecular flexibility index (Phi) is 4.39. The molecule has 4 nitrogen and oxygen atoms in total. The van der Waals surface area contributed by atoms with Crippen molar-refractivity contribution in [2.24, 2.45) is 5.41 Å². The maximum Gasteiger partial charge on any atom is 0.226 e. The molecule has 1 aromatic rings. The third-order valence-electron chi connectivity index (χ3n) is 4.15. The molecule has 0 bridgehead atoms. The second kappa shape index (κ2) is 6.03. The van der Waals surface area contributed by atoms with Gasteiger partial charge in [0, 0.05) is 30.8 Å². The summed E-state index contributed by atoms with van der Waals surface area (Å²) in [5.74, 6) is 1.26. The van der Waals surface area contributed by atoms with E-state index in [-0.39, 0.29) is 11.3 Å². The van der Waals surface area contributed by atoms with Crippen LogP contribution in [0.5, 0.6) is 0 Å². The highest BCUT2D eigenvalue weighted by molar-refractivity contribution is 5.82.